The van der Waals surface area contributed by atoms with Crippen LogP contribution in [0.2, 0.25) is 0 Å². The van der Waals surface area contributed by atoms with Crippen molar-refractivity contribution in [3.8, 4) is 0 Å². The summed E-state index contributed by atoms with van der Waals surface area (Å²) in [5, 5.41) is 6.20. The monoisotopic (exact) mass is 266 g/mol. The molecule has 0 atom stereocenters. The molecule has 0 saturated carbocycles. The molecule has 0 saturated heterocycles. The fourth-order valence-electron chi connectivity index (χ4n) is 1.83. The van der Waals surface area contributed by atoms with Crippen molar-refractivity contribution in [1.82, 2.24) is 10.6 Å². The van der Waals surface area contributed by atoms with Gasteiger partial charge in [0.05, 0.1) is 0 Å². The highest BCUT2D eigenvalue weighted by atomic mass is 35.5. The molecule has 1 aliphatic heterocycles. The summed E-state index contributed by atoms with van der Waals surface area (Å²) in [6, 6.07) is 7.64. The van der Waals surface area contributed by atoms with Gasteiger partial charge < -0.3 is 10.6 Å². The summed E-state index contributed by atoms with van der Waals surface area (Å²) in [5.41, 5.74) is 3.21. The number of rotatable bonds is 3. The van der Waals surface area contributed by atoms with Crippen molar-refractivity contribution >= 4 is 18.3 Å². The van der Waals surface area contributed by atoms with Crippen LogP contribution >= 0.6 is 12.4 Å². The van der Waals surface area contributed by atoms with Gasteiger partial charge in [-0.05, 0) is 32.0 Å². The smallest absolute Gasteiger partial charge is 0.251 e. The molecule has 3 nitrogen and oxygen atoms in total. The van der Waals surface area contributed by atoms with Crippen LogP contribution in [0, 0.1) is 6.92 Å². The Morgan fingerprint density at radius 3 is 2.67 bits per heavy atom. The number of hydrogen-bond acceptors (Lipinski definition) is 2. The lowest BCUT2D eigenvalue weighted by atomic mass is 10.1. The molecule has 1 aromatic rings. The summed E-state index contributed by atoms with van der Waals surface area (Å²) in [4.78, 5) is 11.8. The molecule has 0 fully saturated rings. The van der Waals surface area contributed by atoms with E-state index in [0.29, 0.717) is 6.54 Å². The Kier molecular flexibility index (Phi) is 5.89. The first-order chi connectivity index (χ1) is 8.25. The van der Waals surface area contributed by atoms with Gasteiger partial charge in [-0.2, -0.15) is 0 Å². The molecule has 0 radical (unpaired) electrons. The van der Waals surface area contributed by atoms with Gasteiger partial charge in [-0.3, -0.25) is 4.79 Å². The summed E-state index contributed by atoms with van der Waals surface area (Å²) >= 11 is 0. The van der Waals surface area contributed by atoms with Gasteiger partial charge in [-0.25, -0.2) is 0 Å². The van der Waals surface area contributed by atoms with Crippen molar-refractivity contribution in [1.29, 1.82) is 0 Å². The van der Waals surface area contributed by atoms with Crippen LogP contribution in [-0.4, -0.2) is 25.5 Å². The lowest BCUT2D eigenvalue weighted by Crippen LogP contribution is -2.29. The van der Waals surface area contributed by atoms with Gasteiger partial charge in [0.1, 0.15) is 0 Å². The van der Waals surface area contributed by atoms with E-state index in [1.54, 1.807) is 0 Å². The van der Waals surface area contributed by atoms with Crippen LogP contribution < -0.4 is 10.6 Å². The highest BCUT2D eigenvalue weighted by molar-refractivity contribution is 5.94. The first-order valence-electron chi connectivity index (χ1n) is 5.99. The van der Waals surface area contributed by atoms with Gasteiger partial charge in [0.2, 0.25) is 0 Å². The van der Waals surface area contributed by atoms with E-state index in [4.69, 9.17) is 0 Å². The molecule has 0 bridgehead atoms. The standard InChI is InChI=1S/C14H18N2O.ClH/c1-11-2-4-13(5-3-11)14(17)16-10-12-6-8-15-9-7-12;/h2-6,15H,7-10H2,1H3,(H,16,17);1H. The third-order valence-corrected chi connectivity index (χ3v) is 2.95. The summed E-state index contributed by atoms with van der Waals surface area (Å²) < 4.78 is 0. The minimum atomic E-state index is 0. The second kappa shape index (κ2) is 7.19. The number of benzene rings is 1. The molecule has 0 aliphatic carbocycles. The predicted octanol–water partition coefficient (Wildman–Crippen LogP) is 2.07. The number of aryl methyl sites for hydroxylation is 1. The zero-order chi connectivity index (χ0) is 12.1. The lowest BCUT2D eigenvalue weighted by molar-refractivity contribution is 0.0956. The zero-order valence-corrected chi connectivity index (χ0v) is 11.3. The average Bonchev–Trinajstić information content (AvgIpc) is 2.38. The molecule has 1 amide bonds. The van der Waals surface area contributed by atoms with Gasteiger partial charge in [-0.1, -0.05) is 29.3 Å². The number of carbonyl (C=O) groups excluding carboxylic acids is 1. The second-order valence-corrected chi connectivity index (χ2v) is 4.37. The van der Waals surface area contributed by atoms with Crippen LogP contribution in [0.15, 0.2) is 35.9 Å². The molecule has 1 aliphatic rings. The van der Waals surface area contributed by atoms with Crippen molar-refractivity contribution in [3.63, 3.8) is 0 Å². The van der Waals surface area contributed by atoms with Gasteiger partial charge in [0.25, 0.3) is 5.91 Å². The average molecular weight is 267 g/mol. The first-order valence-corrected chi connectivity index (χ1v) is 5.99. The highest BCUT2D eigenvalue weighted by Crippen LogP contribution is 2.05. The lowest BCUT2D eigenvalue weighted by Gasteiger charge is -2.14. The Balaban J connectivity index is 0.00000162. The number of carbonyl (C=O) groups is 1. The molecular weight excluding hydrogens is 248 g/mol. The zero-order valence-electron chi connectivity index (χ0n) is 10.5. The summed E-state index contributed by atoms with van der Waals surface area (Å²) in [5.74, 6) is 0.00410. The predicted molar refractivity (Wildman–Crippen MR) is 76.3 cm³/mol. The molecule has 2 N–H and O–H groups in total. The van der Waals surface area contributed by atoms with Crippen LogP contribution in [0.4, 0.5) is 0 Å². The van der Waals surface area contributed by atoms with Crippen LogP contribution in [0.3, 0.4) is 0 Å². The van der Waals surface area contributed by atoms with Crippen molar-refractivity contribution in [2.45, 2.75) is 13.3 Å². The molecule has 2 rings (SSSR count). The Morgan fingerprint density at radius 2 is 2.06 bits per heavy atom. The van der Waals surface area contributed by atoms with E-state index in [2.05, 4.69) is 16.7 Å². The Bertz CT molecular complexity index is 426. The molecule has 0 aromatic heterocycles. The number of amides is 1. The molecular formula is C14H19ClN2O. The van der Waals surface area contributed by atoms with Gasteiger partial charge in [0, 0.05) is 18.7 Å². The van der Waals surface area contributed by atoms with Gasteiger partial charge in [0.15, 0.2) is 0 Å². The number of halogens is 1. The van der Waals surface area contributed by atoms with Gasteiger partial charge in [-0.15, -0.1) is 12.4 Å². The largest absolute Gasteiger partial charge is 0.348 e. The van der Waals surface area contributed by atoms with E-state index < -0.39 is 0 Å². The Hall–Kier alpha value is -1.32. The third kappa shape index (κ3) is 4.17. The van der Waals surface area contributed by atoms with Crippen molar-refractivity contribution in [2.24, 2.45) is 0 Å². The summed E-state index contributed by atoms with van der Waals surface area (Å²) in [7, 11) is 0. The molecule has 1 heterocycles. The maximum atomic E-state index is 11.8. The topological polar surface area (TPSA) is 41.1 Å². The summed E-state index contributed by atoms with van der Waals surface area (Å²) in [6.45, 7) is 4.60. The van der Waals surface area contributed by atoms with Crippen molar-refractivity contribution in [3.05, 3.63) is 47.0 Å². The molecule has 98 valence electrons. The highest BCUT2D eigenvalue weighted by Gasteiger charge is 2.07. The van der Waals surface area contributed by atoms with Crippen LogP contribution in [-0.2, 0) is 0 Å². The third-order valence-electron chi connectivity index (χ3n) is 2.95. The van der Waals surface area contributed by atoms with Crippen LogP contribution in [0.5, 0.6) is 0 Å². The second-order valence-electron chi connectivity index (χ2n) is 4.37. The molecule has 4 heteroatoms. The van der Waals surface area contributed by atoms with Gasteiger partial charge >= 0.3 is 0 Å². The van der Waals surface area contributed by atoms with E-state index in [-0.39, 0.29) is 18.3 Å². The van der Waals surface area contributed by atoms with Crippen LogP contribution in [0.25, 0.3) is 0 Å². The van der Waals surface area contributed by atoms with Crippen molar-refractivity contribution in [2.75, 3.05) is 19.6 Å². The fourth-order valence-corrected chi connectivity index (χ4v) is 1.83. The van der Waals surface area contributed by atoms with E-state index in [1.165, 1.54) is 11.1 Å². The molecule has 1 aromatic carbocycles. The maximum absolute atomic E-state index is 11.8. The fraction of sp³-hybridized carbons (Fsp3) is 0.357. The van der Waals surface area contributed by atoms with E-state index >= 15 is 0 Å². The molecule has 0 spiro atoms. The van der Waals surface area contributed by atoms with E-state index in [9.17, 15) is 4.79 Å². The summed E-state index contributed by atoms with van der Waals surface area (Å²) in [6.07, 6.45) is 3.17. The SMILES string of the molecule is Cc1ccc(C(=O)NCC2=CCNCC2)cc1.Cl. The first kappa shape index (κ1) is 14.7. The number of nitrogens with one attached hydrogen (secondary N) is 2. The normalized spacial score (nSPS) is 14.4. The maximum Gasteiger partial charge on any atom is 0.251 e. The molecule has 0 unspecified atom stereocenters. The minimum absolute atomic E-state index is 0. The molecule has 18 heavy (non-hydrogen) atoms. The van der Waals surface area contributed by atoms with Crippen LogP contribution in [0.1, 0.15) is 22.3 Å². The number of hydrogen-bond donors (Lipinski definition) is 2. The Labute approximate surface area is 114 Å². The van der Waals surface area contributed by atoms with E-state index in [1.807, 2.05) is 31.2 Å². The van der Waals surface area contributed by atoms with Crippen molar-refractivity contribution < 1.29 is 4.79 Å². The van der Waals surface area contributed by atoms with E-state index in [0.717, 1.165) is 25.1 Å². The Morgan fingerprint density at radius 1 is 1.33 bits per heavy atom. The minimum Gasteiger partial charge on any atom is -0.348 e. The quantitative estimate of drug-likeness (QED) is 0.823.